The first kappa shape index (κ1) is 23.5. The molecule has 2 aliphatic heterocycles. The zero-order valence-corrected chi connectivity index (χ0v) is 20.0. The van der Waals surface area contributed by atoms with Crippen LogP contribution in [0.4, 0.5) is 0 Å². The first-order valence-electron chi connectivity index (χ1n) is 11.8. The molecule has 2 heterocycles. The Hall–Kier alpha value is -2.67. The third kappa shape index (κ3) is 4.98. The number of hydrogen-bond donors (Lipinski definition) is 1. The number of ether oxygens (including phenoxy) is 4. The Morgan fingerprint density at radius 2 is 2.03 bits per heavy atom. The second kappa shape index (κ2) is 10.1. The van der Waals surface area contributed by atoms with Gasteiger partial charge >= 0.3 is 0 Å². The van der Waals surface area contributed by atoms with Crippen molar-refractivity contribution in [3.8, 4) is 11.5 Å². The Kier molecular flexibility index (Phi) is 7.17. The lowest BCUT2D eigenvalue weighted by molar-refractivity contribution is -0.133. The van der Waals surface area contributed by atoms with E-state index in [4.69, 9.17) is 18.9 Å². The Morgan fingerprint density at radius 3 is 2.76 bits per heavy atom. The van der Waals surface area contributed by atoms with Gasteiger partial charge in [0.05, 0.1) is 13.2 Å². The third-order valence-corrected chi connectivity index (χ3v) is 7.14. The molecule has 0 radical (unpaired) electrons. The van der Waals surface area contributed by atoms with Crippen molar-refractivity contribution in [1.82, 2.24) is 4.90 Å². The predicted molar refractivity (Wildman–Crippen MR) is 124 cm³/mol. The zero-order chi connectivity index (χ0) is 23.5. The van der Waals surface area contributed by atoms with Gasteiger partial charge in [0.15, 0.2) is 11.5 Å². The van der Waals surface area contributed by atoms with E-state index in [0.29, 0.717) is 41.1 Å². The summed E-state index contributed by atoms with van der Waals surface area (Å²) in [6, 6.07) is 5.71. The van der Waals surface area contributed by atoms with Crippen LogP contribution >= 0.6 is 0 Å². The topological polar surface area (TPSA) is 77.5 Å². The average Bonchev–Trinajstić information content (AvgIpc) is 3.30. The molecule has 1 aromatic rings. The molecule has 33 heavy (non-hydrogen) atoms. The number of likely N-dealkylation sites (tertiary alicyclic amines) is 1. The molecule has 0 spiro atoms. The highest BCUT2D eigenvalue weighted by Gasteiger charge is 2.34. The fraction of sp³-hybridized carbons (Fsp3) is 0.577. The molecule has 7 nitrogen and oxygen atoms in total. The molecule has 3 atom stereocenters. The minimum Gasteiger partial charge on any atom is -0.508 e. The van der Waals surface area contributed by atoms with Crippen molar-refractivity contribution in [3.63, 3.8) is 0 Å². The number of piperidine rings is 1. The highest BCUT2D eigenvalue weighted by atomic mass is 16.7. The SMILES string of the molecule is COC1=C(C(CC(=O)N2CCCC(C(C)C)C2)c2ccc3c(c2)OCO3)C(O)=CC(OC)C1. The van der Waals surface area contributed by atoms with Crippen LogP contribution in [0.15, 0.2) is 41.4 Å². The minimum absolute atomic E-state index is 0.0904. The number of allylic oxidation sites excluding steroid dienone is 1. The molecule has 3 unspecified atom stereocenters. The highest BCUT2D eigenvalue weighted by molar-refractivity contribution is 5.78. The molecule has 4 rings (SSSR count). The number of aliphatic hydroxyl groups excluding tert-OH is 1. The van der Waals surface area contributed by atoms with E-state index < -0.39 is 0 Å². The molecule has 1 fully saturated rings. The Morgan fingerprint density at radius 1 is 1.24 bits per heavy atom. The number of amides is 1. The van der Waals surface area contributed by atoms with E-state index in [2.05, 4.69) is 13.8 Å². The molecule has 0 saturated carbocycles. The lowest BCUT2D eigenvalue weighted by Gasteiger charge is -2.36. The highest BCUT2D eigenvalue weighted by Crippen LogP contribution is 2.42. The molecule has 1 aliphatic carbocycles. The number of fused-ring (bicyclic) bond motifs is 1. The molecule has 180 valence electrons. The maximum absolute atomic E-state index is 13.5. The number of aliphatic hydroxyl groups is 1. The average molecular weight is 458 g/mol. The second-order valence-electron chi connectivity index (χ2n) is 9.43. The van der Waals surface area contributed by atoms with Crippen LogP contribution in [0.1, 0.15) is 51.0 Å². The van der Waals surface area contributed by atoms with Gasteiger partial charge < -0.3 is 29.0 Å². The van der Waals surface area contributed by atoms with E-state index >= 15 is 0 Å². The molecular formula is C26H35NO6. The number of rotatable bonds is 7. The second-order valence-corrected chi connectivity index (χ2v) is 9.43. The summed E-state index contributed by atoms with van der Waals surface area (Å²) in [5, 5.41) is 11.0. The van der Waals surface area contributed by atoms with Gasteiger partial charge in [-0.3, -0.25) is 4.79 Å². The van der Waals surface area contributed by atoms with Crippen molar-refractivity contribution in [1.29, 1.82) is 0 Å². The Labute approximate surface area is 196 Å². The van der Waals surface area contributed by atoms with Crippen molar-refractivity contribution >= 4 is 5.91 Å². The van der Waals surface area contributed by atoms with Crippen LogP contribution in [0.3, 0.4) is 0 Å². The number of carbonyl (C=O) groups excluding carboxylic acids is 1. The summed E-state index contributed by atoms with van der Waals surface area (Å²) >= 11 is 0. The summed E-state index contributed by atoms with van der Waals surface area (Å²) in [6.45, 7) is 6.19. The van der Waals surface area contributed by atoms with Crippen LogP contribution < -0.4 is 9.47 Å². The van der Waals surface area contributed by atoms with E-state index in [0.717, 1.165) is 31.5 Å². The summed E-state index contributed by atoms with van der Waals surface area (Å²) in [7, 11) is 3.20. The van der Waals surface area contributed by atoms with E-state index in [9.17, 15) is 9.90 Å². The Bertz CT molecular complexity index is 937. The summed E-state index contributed by atoms with van der Waals surface area (Å²) in [4.78, 5) is 15.5. The van der Waals surface area contributed by atoms with Crippen molar-refractivity contribution < 1.29 is 28.8 Å². The molecule has 0 aromatic heterocycles. The third-order valence-electron chi connectivity index (χ3n) is 7.14. The van der Waals surface area contributed by atoms with Crippen LogP contribution in [0.5, 0.6) is 11.5 Å². The lowest BCUT2D eigenvalue weighted by Crippen LogP contribution is -2.42. The predicted octanol–water partition coefficient (Wildman–Crippen LogP) is 4.54. The van der Waals surface area contributed by atoms with Crippen LogP contribution in [-0.2, 0) is 14.3 Å². The molecule has 1 aromatic carbocycles. The van der Waals surface area contributed by atoms with E-state index in [1.165, 1.54) is 0 Å². The van der Waals surface area contributed by atoms with Gasteiger partial charge in [0, 0.05) is 44.5 Å². The molecular weight excluding hydrogens is 422 g/mol. The quantitative estimate of drug-likeness (QED) is 0.648. The smallest absolute Gasteiger partial charge is 0.231 e. The van der Waals surface area contributed by atoms with Crippen molar-refractivity contribution in [3.05, 3.63) is 46.9 Å². The monoisotopic (exact) mass is 457 g/mol. The fourth-order valence-electron chi connectivity index (χ4n) is 5.08. The number of hydrogen-bond acceptors (Lipinski definition) is 6. The molecule has 0 bridgehead atoms. The standard InChI is InChI=1S/C26H35NO6/c1-16(2)18-6-5-9-27(14-18)25(29)13-20(17-7-8-22-23(10-17)33-15-32-22)26-21(28)11-19(30-3)12-24(26)31-4/h7-8,10-11,16,18-20,28H,5-6,9,12-15H2,1-4H3. The number of methoxy groups -OCH3 is 2. The zero-order valence-electron chi connectivity index (χ0n) is 20.0. The van der Waals surface area contributed by atoms with Crippen LogP contribution in [-0.4, -0.2) is 56.1 Å². The van der Waals surface area contributed by atoms with Gasteiger partial charge in [0.1, 0.15) is 11.5 Å². The minimum atomic E-state index is -0.379. The van der Waals surface area contributed by atoms with Crippen molar-refractivity contribution in [2.75, 3.05) is 34.1 Å². The van der Waals surface area contributed by atoms with Gasteiger partial charge in [-0.25, -0.2) is 0 Å². The number of nitrogens with zero attached hydrogens (tertiary/aromatic N) is 1. The first-order valence-corrected chi connectivity index (χ1v) is 11.8. The normalized spacial score (nSPS) is 23.5. The van der Waals surface area contributed by atoms with Crippen LogP contribution in [0.2, 0.25) is 0 Å². The van der Waals surface area contributed by atoms with Gasteiger partial charge in [-0.1, -0.05) is 19.9 Å². The van der Waals surface area contributed by atoms with E-state index in [-0.39, 0.29) is 36.9 Å². The van der Waals surface area contributed by atoms with Crippen LogP contribution in [0, 0.1) is 11.8 Å². The molecule has 7 heteroatoms. The van der Waals surface area contributed by atoms with Gasteiger partial charge in [-0.2, -0.15) is 0 Å². The molecule has 3 aliphatic rings. The van der Waals surface area contributed by atoms with Gasteiger partial charge in [0.25, 0.3) is 0 Å². The molecule has 1 N–H and O–H groups in total. The summed E-state index contributed by atoms with van der Waals surface area (Å²) in [6.07, 6.45) is 4.34. The fourth-order valence-corrected chi connectivity index (χ4v) is 5.08. The molecule has 1 amide bonds. The van der Waals surface area contributed by atoms with Crippen LogP contribution in [0.25, 0.3) is 0 Å². The van der Waals surface area contributed by atoms with E-state index in [1.807, 2.05) is 23.1 Å². The Balaban J connectivity index is 1.67. The summed E-state index contributed by atoms with van der Waals surface area (Å²) in [5.41, 5.74) is 1.51. The first-order chi connectivity index (χ1) is 15.9. The number of benzene rings is 1. The number of carbonyl (C=O) groups is 1. The largest absolute Gasteiger partial charge is 0.508 e. The van der Waals surface area contributed by atoms with Crippen molar-refractivity contribution in [2.24, 2.45) is 11.8 Å². The maximum atomic E-state index is 13.5. The summed E-state index contributed by atoms with van der Waals surface area (Å²) in [5.74, 6) is 2.84. The van der Waals surface area contributed by atoms with Gasteiger partial charge in [-0.05, 0) is 48.4 Å². The van der Waals surface area contributed by atoms with E-state index in [1.54, 1.807) is 20.3 Å². The maximum Gasteiger partial charge on any atom is 0.231 e. The summed E-state index contributed by atoms with van der Waals surface area (Å²) < 4.78 is 22.2. The molecule has 1 saturated heterocycles. The van der Waals surface area contributed by atoms with Gasteiger partial charge in [0.2, 0.25) is 12.7 Å². The van der Waals surface area contributed by atoms with Crippen molar-refractivity contribution in [2.45, 2.75) is 51.6 Å². The lowest BCUT2D eigenvalue weighted by atomic mass is 9.82. The van der Waals surface area contributed by atoms with Gasteiger partial charge in [-0.15, -0.1) is 0 Å².